The highest BCUT2D eigenvalue weighted by molar-refractivity contribution is 7.12. The van der Waals surface area contributed by atoms with E-state index >= 15 is 0 Å². The Bertz CT molecular complexity index is 614. The number of aryl methyl sites for hydroxylation is 2. The molecular weight excluding hydrogens is 266 g/mol. The van der Waals surface area contributed by atoms with E-state index in [1.54, 1.807) is 0 Å². The Balaban J connectivity index is 1.85. The molecule has 1 aliphatic rings. The summed E-state index contributed by atoms with van der Waals surface area (Å²) in [5.41, 5.74) is 1.99. The summed E-state index contributed by atoms with van der Waals surface area (Å²) in [5.74, 6) is 0.165. The Kier molecular flexibility index (Phi) is 3.62. The highest BCUT2D eigenvalue weighted by Gasteiger charge is 2.31. The average Bonchev–Trinajstić information content (AvgIpc) is 3.07. The molecule has 104 valence electrons. The van der Waals surface area contributed by atoms with Gasteiger partial charge in [0.25, 0.3) is 5.91 Å². The smallest absolute Gasteiger partial charge is 0.254 e. The van der Waals surface area contributed by atoms with Gasteiger partial charge in [0, 0.05) is 21.9 Å². The van der Waals surface area contributed by atoms with Crippen molar-refractivity contribution in [3.63, 3.8) is 0 Å². The van der Waals surface area contributed by atoms with Gasteiger partial charge in [0.05, 0.1) is 6.04 Å². The van der Waals surface area contributed by atoms with Crippen molar-refractivity contribution in [2.75, 3.05) is 6.54 Å². The van der Waals surface area contributed by atoms with Gasteiger partial charge in [0.1, 0.15) is 0 Å². The monoisotopic (exact) mass is 285 g/mol. The maximum absolute atomic E-state index is 12.7. The zero-order valence-electron chi connectivity index (χ0n) is 11.9. The number of nitrogens with zero attached hydrogens (tertiary/aromatic N) is 1. The fourth-order valence-electron chi connectivity index (χ4n) is 2.80. The molecule has 0 N–H and O–H groups in total. The van der Waals surface area contributed by atoms with Crippen molar-refractivity contribution >= 4 is 17.2 Å². The second-order valence-electron chi connectivity index (χ2n) is 5.47. The van der Waals surface area contributed by atoms with Gasteiger partial charge in [-0.3, -0.25) is 4.79 Å². The normalized spacial score (nSPS) is 18.5. The summed E-state index contributed by atoms with van der Waals surface area (Å²) >= 11 is 1.81. The zero-order chi connectivity index (χ0) is 14.1. The molecule has 1 aromatic heterocycles. The molecule has 0 bridgehead atoms. The van der Waals surface area contributed by atoms with Crippen LogP contribution < -0.4 is 0 Å². The first-order chi connectivity index (χ1) is 9.65. The van der Waals surface area contributed by atoms with E-state index in [2.05, 4.69) is 19.1 Å². The van der Waals surface area contributed by atoms with E-state index in [0.717, 1.165) is 24.9 Å². The second kappa shape index (κ2) is 5.41. The Labute approximate surface area is 124 Å². The first-order valence-corrected chi connectivity index (χ1v) is 7.91. The third-order valence-electron chi connectivity index (χ3n) is 3.90. The van der Waals surface area contributed by atoms with Crippen LogP contribution in [0.1, 0.15) is 44.6 Å². The number of carbonyl (C=O) groups is 1. The lowest BCUT2D eigenvalue weighted by atomic mass is 10.1. The molecule has 1 amide bonds. The lowest BCUT2D eigenvalue weighted by Gasteiger charge is -2.24. The topological polar surface area (TPSA) is 20.3 Å². The number of amides is 1. The van der Waals surface area contributed by atoms with E-state index in [0.29, 0.717) is 0 Å². The number of hydrogen-bond acceptors (Lipinski definition) is 2. The summed E-state index contributed by atoms with van der Waals surface area (Å²) < 4.78 is 0. The molecule has 2 nitrogen and oxygen atoms in total. The molecule has 0 saturated carbocycles. The molecule has 1 atom stereocenters. The van der Waals surface area contributed by atoms with Crippen LogP contribution >= 0.6 is 11.3 Å². The van der Waals surface area contributed by atoms with Gasteiger partial charge in [0.2, 0.25) is 0 Å². The molecule has 1 fully saturated rings. The number of hydrogen-bond donors (Lipinski definition) is 0. The van der Waals surface area contributed by atoms with Gasteiger partial charge < -0.3 is 4.90 Å². The predicted octanol–water partition coefficient (Wildman–Crippen LogP) is 4.34. The van der Waals surface area contributed by atoms with Crippen LogP contribution in [0.2, 0.25) is 0 Å². The van der Waals surface area contributed by atoms with Crippen molar-refractivity contribution in [3.8, 4) is 0 Å². The molecule has 1 aromatic carbocycles. The van der Waals surface area contributed by atoms with Crippen LogP contribution in [0.3, 0.4) is 0 Å². The minimum Gasteiger partial charge on any atom is -0.331 e. The number of rotatable bonds is 2. The van der Waals surface area contributed by atoms with Gasteiger partial charge in [-0.15, -0.1) is 11.3 Å². The van der Waals surface area contributed by atoms with Crippen molar-refractivity contribution < 1.29 is 4.79 Å². The van der Waals surface area contributed by atoms with E-state index < -0.39 is 0 Å². The number of carbonyl (C=O) groups excluding carboxylic acids is 1. The third kappa shape index (κ3) is 2.50. The number of benzene rings is 1. The minimum absolute atomic E-state index is 0.165. The lowest BCUT2D eigenvalue weighted by molar-refractivity contribution is 0.0738. The van der Waals surface area contributed by atoms with E-state index in [9.17, 15) is 4.79 Å². The molecule has 1 saturated heterocycles. The summed E-state index contributed by atoms with van der Waals surface area (Å²) in [4.78, 5) is 17.4. The van der Waals surface area contributed by atoms with Crippen molar-refractivity contribution in [2.24, 2.45) is 0 Å². The summed E-state index contributed by atoms with van der Waals surface area (Å²) in [5, 5.41) is 0. The maximum atomic E-state index is 12.7. The molecule has 3 rings (SSSR count). The van der Waals surface area contributed by atoms with Crippen LogP contribution in [0, 0.1) is 13.8 Å². The molecule has 0 aliphatic carbocycles. The fourth-order valence-corrected chi connectivity index (χ4v) is 3.83. The van der Waals surface area contributed by atoms with Crippen LogP contribution in [0.4, 0.5) is 0 Å². The van der Waals surface area contributed by atoms with Crippen LogP contribution in [0.5, 0.6) is 0 Å². The van der Waals surface area contributed by atoms with Gasteiger partial charge in [-0.1, -0.05) is 17.7 Å². The second-order valence-corrected chi connectivity index (χ2v) is 6.79. The minimum atomic E-state index is 0.165. The van der Waals surface area contributed by atoms with Crippen molar-refractivity contribution in [3.05, 3.63) is 57.3 Å². The predicted molar refractivity (Wildman–Crippen MR) is 83.2 cm³/mol. The number of thiophene rings is 1. The largest absolute Gasteiger partial charge is 0.331 e. The molecule has 1 aliphatic heterocycles. The van der Waals surface area contributed by atoms with Gasteiger partial charge in [-0.2, -0.15) is 0 Å². The fraction of sp³-hybridized carbons (Fsp3) is 0.353. The molecule has 2 aromatic rings. The molecule has 0 spiro atoms. The highest BCUT2D eigenvalue weighted by atomic mass is 32.1. The summed E-state index contributed by atoms with van der Waals surface area (Å²) in [6, 6.07) is 12.5. The Hall–Kier alpha value is -1.61. The standard InChI is InChI=1S/C17H19NOS/c1-12-5-8-14(9-6-12)17(19)18-11-3-4-15(18)16-10-7-13(2)20-16/h5-10,15H,3-4,11H2,1-2H3. The van der Waals surface area contributed by atoms with Gasteiger partial charge >= 0.3 is 0 Å². The summed E-state index contributed by atoms with van der Waals surface area (Å²) in [6.07, 6.45) is 2.18. The maximum Gasteiger partial charge on any atom is 0.254 e. The third-order valence-corrected chi connectivity index (χ3v) is 5.00. The lowest BCUT2D eigenvalue weighted by Crippen LogP contribution is -2.30. The SMILES string of the molecule is Cc1ccc(C(=O)N2CCCC2c2ccc(C)s2)cc1. The van der Waals surface area contributed by atoms with E-state index in [-0.39, 0.29) is 11.9 Å². The Morgan fingerprint density at radius 1 is 1.15 bits per heavy atom. The van der Waals surface area contributed by atoms with Gasteiger partial charge in [-0.05, 0) is 51.0 Å². The molecule has 1 unspecified atom stereocenters. The zero-order valence-corrected chi connectivity index (χ0v) is 12.7. The van der Waals surface area contributed by atoms with Crippen LogP contribution in [-0.2, 0) is 0 Å². The van der Waals surface area contributed by atoms with Crippen LogP contribution in [0.15, 0.2) is 36.4 Å². The molecule has 0 radical (unpaired) electrons. The molecule has 20 heavy (non-hydrogen) atoms. The summed E-state index contributed by atoms with van der Waals surface area (Å²) in [7, 11) is 0. The Morgan fingerprint density at radius 2 is 1.90 bits per heavy atom. The van der Waals surface area contributed by atoms with Gasteiger partial charge in [0.15, 0.2) is 0 Å². The van der Waals surface area contributed by atoms with Crippen LogP contribution in [0.25, 0.3) is 0 Å². The molecular formula is C17H19NOS. The number of likely N-dealkylation sites (tertiary alicyclic amines) is 1. The van der Waals surface area contributed by atoms with Crippen molar-refractivity contribution in [2.45, 2.75) is 32.7 Å². The van der Waals surface area contributed by atoms with E-state index in [1.165, 1.54) is 15.3 Å². The molecule has 2 heterocycles. The van der Waals surface area contributed by atoms with Crippen molar-refractivity contribution in [1.29, 1.82) is 0 Å². The first-order valence-electron chi connectivity index (χ1n) is 7.09. The molecule has 3 heteroatoms. The van der Waals surface area contributed by atoms with E-state index in [4.69, 9.17) is 0 Å². The average molecular weight is 285 g/mol. The van der Waals surface area contributed by atoms with Gasteiger partial charge in [-0.25, -0.2) is 0 Å². The van der Waals surface area contributed by atoms with Crippen molar-refractivity contribution in [1.82, 2.24) is 4.90 Å². The summed E-state index contributed by atoms with van der Waals surface area (Å²) in [6.45, 7) is 5.03. The van der Waals surface area contributed by atoms with Crippen LogP contribution in [-0.4, -0.2) is 17.4 Å². The van der Waals surface area contributed by atoms with E-state index in [1.807, 2.05) is 47.4 Å². The Morgan fingerprint density at radius 3 is 2.55 bits per heavy atom. The first kappa shape index (κ1) is 13.4. The quantitative estimate of drug-likeness (QED) is 0.803. The highest BCUT2D eigenvalue weighted by Crippen LogP contribution is 2.36.